The molecule has 1 saturated heterocycles. The summed E-state index contributed by atoms with van der Waals surface area (Å²) >= 11 is 0. The topological polar surface area (TPSA) is 41.6 Å². The van der Waals surface area contributed by atoms with Crippen LogP contribution in [0, 0.1) is 5.92 Å². The maximum atomic E-state index is 12.1. The molecule has 0 amide bonds. The second-order valence-corrected chi connectivity index (χ2v) is 6.38. The molecule has 0 spiro atoms. The van der Waals surface area contributed by atoms with E-state index in [0.29, 0.717) is 6.61 Å². The van der Waals surface area contributed by atoms with Crippen LogP contribution < -0.4 is 5.32 Å². The lowest BCUT2D eigenvalue weighted by atomic mass is 9.93. The van der Waals surface area contributed by atoms with Gasteiger partial charge in [0.05, 0.1) is 6.61 Å². The molecule has 1 aliphatic rings. The van der Waals surface area contributed by atoms with E-state index in [1.807, 2.05) is 20.8 Å². The number of likely N-dealkylation sites (N-methyl/N-ethyl adjacent to an activating group) is 1. The highest BCUT2D eigenvalue weighted by atomic mass is 16.5. The van der Waals surface area contributed by atoms with E-state index in [-0.39, 0.29) is 5.97 Å². The minimum Gasteiger partial charge on any atom is -0.465 e. The molecule has 0 aliphatic carbocycles. The Morgan fingerprint density at radius 3 is 2.48 bits per heavy atom. The standard InChI is InChI=1S/C17H34N2O2/c1-5-15-9-13-19(14-10-15)12-8-11-17(4,18-6-2)16(20)21-7-3/h15,18H,5-14H2,1-4H3. The largest absolute Gasteiger partial charge is 0.465 e. The van der Waals surface area contributed by atoms with Gasteiger partial charge < -0.3 is 15.0 Å². The van der Waals surface area contributed by atoms with Gasteiger partial charge in [0.1, 0.15) is 5.54 Å². The molecule has 1 heterocycles. The van der Waals surface area contributed by atoms with Crippen molar-refractivity contribution in [1.29, 1.82) is 0 Å². The molecule has 0 radical (unpaired) electrons. The average Bonchev–Trinajstić information content (AvgIpc) is 2.48. The molecule has 0 bridgehead atoms. The fourth-order valence-corrected chi connectivity index (χ4v) is 3.22. The number of nitrogens with one attached hydrogen (secondary N) is 1. The van der Waals surface area contributed by atoms with E-state index in [1.165, 1.54) is 32.4 Å². The first-order chi connectivity index (χ1) is 10.1. The van der Waals surface area contributed by atoms with Crippen LogP contribution in [0.25, 0.3) is 0 Å². The SMILES string of the molecule is CCNC(C)(CCCN1CCC(CC)CC1)C(=O)OCC. The first-order valence-corrected chi connectivity index (χ1v) is 8.70. The first kappa shape index (κ1) is 18.4. The smallest absolute Gasteiger partial charge is 0.326 e. The maximum Gasteiger partial charge on any atom is 0.326 e. The van der Waals surface area contributed by atoms with Crippen molar-refractivity contribution in [2.75, 3.05) is 32.8 Å². The van der Waals surface area contributed by atoms with Crippen molar-refractivity contribution in [3.8, 4) is 0 Å². The zero-order valence-corrected chi connectivity index (χ0v) is 14.4. The van der Waals surface area contributed by atoms with Crippen LogP contribution in [0.2, 0.25) is 0 Å². The minimum absolute atomic E-state index is 0.114. The van der Waals surface area contributed by atoms with Crippen LogP contribution in [0.1, 0.15) is 59.8 Å². The third-order valence-electron chi connectivity index (χ3n) is 4.73. The third kappa shape index (κ3) is 5.95. The summed E-state index contributed by atoms with van der Waals surface area (Å²) in [4.78, 5) is 14.7. The molecule has 0 aromatic carbocycles. The zero-order chi connectivity index (χ0) is 15.7. The molecule has 1 atom stereocenters. The predicted octanol–water partition coefficient (Wildman–Crippen LogP) is 2.82. The fourth-order valence-electron chi connectivity index (χ4n) is 3.22. The summed E-state index contributed by atoms with van der Waals surface area (Å²) in [6, 6.07) is 0. The number of hydrogen-bond acceptors (Lipinski definition) is 4. The Hall–Kier alpha value is -0.610. The Labute approximate surface area is 130 Å². The van der Waals surface area contributed by atoms with E-state index in [2.05, 4.69) is 17.1 Å². The molecule has 1 rings (SSSR count). The highest BCUT2D eigenvalue weighted by molar-refractivity contribution is 5.80. The van der Waals surface area contributed by atoms with Crippen LogP contribution in [0.15, 0.2) is 0 Å². The number of hydrogen-bond donors (Lipinski definition) is 1. The zero-order valence-electron chi connectivity index (χ0n) is 14.4. The molecule has 1 fully saturated rings. The molecule has 0 aromatic heterocycles. The molecule has 4 nitrogen and oxygen atoms in total. The number of carbonyl (C=O) groups excluding carboxylic acids is 1. The maximum absolute atomic E-state index is 12.1. The van der Waals surface area contributed by atoms with Crippen LogP contribution in [0.4, 0.5) is 0 Å². The van der Waals surface area contributed by atoms with Gasteiger partial charge in [0, 0.05) is 0 Å². The van der Waals surface area contributed by atoms with E-state index < -0.39 is 5.54 Å². The number of nitrogens with zero attached hydrogens (tertiary/aromatic N) is 1. The van der Waals surface area contributed by atoms with E-state index >= 15 is 0 Å². The van der Waals surface area contributed by atoms with Crippen molar-refractivity contribution in [3.63, 3.8) is 0 Å². The van der Waals surface area contributed by atoms with E-state index in [0.717, 1.165) is 31.8 Å². The van der Waals surface area contributed by atoms with Gasteiger partial charge in [-0.2, -0.15) is 0 Å². The lowest BCUT2D eigenvalue weighted by Gasteiger charge is -2.33. The van der Waals surface area contributed by atoms with Crippen molar-refractivity contribution in [3.05, 3.63) is 0 Å². The van der Waals surface area contributed by atoms with Crippen molar-refractivity contribution in [2.45, 2.75) is 65.3 Å². The summed E-state index contributed by atoms with van der Waals surface area (Å²) in [5, 5.41) is 3.30. The van der Waals surface area contributed by atoms with E-state index in [1.54, 1.807) is 0 Å². The Morgan fingerprint density at radius 1 is 1.29 bits per heavy atom. The van der Waals surface area contributed by atoms with Crippen molar-refractivity contribution >= 4 is 5.97 Å². The quantitative estimate of drug-likeness (QED) is 0.665. The Bertz CT molecular complexity index is 301. The van der Waals surface area contributed by atoms with E-state index in [9.17, 15) is 4.79 Å². The van der Waals surface area contributed by atoms with Gasteiger partial charge in [0.15, 0.2) is 0 Å². The molecule has 0 aromatic rings. The molecular weight excluding hydrogens is 264 g/mol. The minimum atomic E-state index is -0.535. The Balaban J connectivity index is 2.35. The number of rotatable bonds is 9. The van der Waals surface area contributed by atoms with Crippen molar-refractivity contribution in [2.24, 2.45) is 5.92 Å². The highest BCUT2D eigenvalue weighted by Crippen LogP contribution is 2.21. The second-order valence-electron chi connectivity index (χ2n) is 6.38. The summed E-state index contributed by atoms with van der Waals surface area (Å²) in [6.45, 7) is 12.9. The van der Waals surface area contributed by atoms with Crippen LogP contribution in [-0.4, -0.2) is 49.2 Å². The molecule has 21 heavy (non-hydrogen) atoms. The summed E-state index contributed by atoms with van der Waals surface area (Å²) in [5.74, 6) is 0.810. The van der Waals surface area contributed by atoms with Gasteiger partial charge in [-0.1, -0.05) is 20.3 Å². The number of esters is 1. The molecule has 124 valence electrons. The van der Waals surface area contributed by atoms with Crippen LogP contribution >= 0.6 is 0 Å². The van der Waals surface area contributed by atoms with Gasteiger partial charge in [-0.05, 0) is 71.6 Å². The number of ether oxygens (including phenoxy) is 1. The lowest BCUT2D eigenvalue weighted by Crippen LogP contribution is -2.50. The Kier molecular flexibility index (Phi) is 8.27. The average molecular weight is 298 g/mol. The van der Waals surface area contributed by atoms with Crippen LogP contribution in [-0.2, 0) is 9.53 Å². The van der Waals surface area contributed by atoms with Crippen LogP contribution in [0.5, 0.6) is 0 Å². The second kappa shape index (κ2) is 9.42. The van der Waals surface area contributed by atoms with E-state index in [4.69, 9.17) is 4.74 Å². The highest BCUT2D eigenvalue weighted by Gasteiger charge is 2.33. The lowest BCUT2D eigenvalue weighted by molar-refractivity contribution is -0.150. The molecule has 0 saturated carbocycles. The van der Waals surface area contributed by atoms with Gasteiger partial charge in [0.25, 0.3) is 0 Å². The molecule has 1 N–H and O–H groups in total. The molecule has 1 unspecified atom stereocenters. The number of carbonyl (C=O) groups is 1. The van der Waals surface area contributed by atoms with Gasteiger partial charge >= 0.3 is 5.97 Å². The van der Waals surface area contributed by atoms with Gasteiger partial charge in [0.2, 0.25) is 0 Å². The van der Waals surface area contributed by atoms with Gasteiger partial charge in [-0.25, -0.2) is 0 Å². The molecular formula is C17H34N2O2. The Morgan fingerprint density at radius 2 is 1.95 bits per heavy atom. The van der Waals surface area contributed by atoms with Gasteiger partial charge in [-0.3, -0.25) is 4.79 Å². The monoisotopic (exact) mass is 298 g/mol. The first-order valence-electron chi connectivity index (χ1n) is 8.70. The summed E-state index contributed by atoms with van der Waals surface area (Å²) in [6.07, 6.45) is 5.86. The summed E-state index contributed by atoms with van der Waals surface area (Å²) < 4.78 is 5.22. The molecule has 1 aliphatic heterocycles. The normalized spacial score (nSPS) is 20.2. The van der Waals surface area contributed by atoms with Crippen LogP contribution in [0.3, 0.4) is 0 Å². The van der Waals surface area contributed by atoms with Crippen molar-refractivity contribution in [1.82, 2.24) is 10.2 Å². The number of likely N-dealkylation sites (tertiary alicyclic amines) is 1. The predicted molar refractivity (Wildman–Crippen MR) is 87.4 cm³/mol. The van der Waals surface area contributed by atoms with Gasteiger partial charge in [-0.15, -0.1) is 0 Å². The summed E-state index contributed by atoms with van der Waals surface area (Å²) in [7, 11) is 0. The molecule has 4 heteroatoms. The number of piperidine rings is 1. The summed E-state index contributed by atoms with van der Waals surface area (Å²) in [5.41, 5.74) is -0.535. The van der Waals surface area contributed by atoms with Crippen molar-refractivity contribution < 1.29 is 9.53 Å². The fraction of sp³-hybridized carbons (Fsp3) is 0.941. The third-order valence-corrected chi connectivity index (χ3v) is 4.73.